The molecule has 168 valence electrons. The van der Waals surface area contributed by atoms with Crippen LogP contribution in [0.15, 0.2) is 90.1 Å². The van der Waals surface area contributed by atoms with Gasteiger partial charge in [0, 0.05) is 5.70 Å². The summed E-state index contributed by atoms with van der Waals surface area (Å²) in [6.45, 7) is 1.67. The summed E-state index contributed by atoms with van der Waals surface area (Å²) in [5.41, 5.74) is 2.32. The Morgan fingerprint density at radius 3 is 2.18 bits per heavy atom. The number of allylic oxidation sites excluding steroid dienone is 1. The zero-order chi connectivity index (χ0) is 23.6. The summed E-state index contributed by atoms with van der Waals surface area (Å²) >= 11 is 5.26. The molecule has 3 N–H and O–H groups in total. The second-order valence-corrected chi connectivity index (χ2v) is 7.96. The Balaban J connectivity index is 1.66. The lowest BCUT2D eigenvalue weighted by atomic mass is 9.93. The molecule has 0 aliphatic carbocycles. The highest BCUT2D eigenvalue weighted by Crippen LogP contribution is 2.36. The number of benzene rings is 3. The quantitative estimate of drug-likeness (QED) is 0.424. The molecule has 4 nitrogen and oxygen atoms in total. The van der Waals surface area contributed by atoms with Crippen molar-refractivity contribution < 1.29 is 18.0 Å². The van der Waals surface area contributed by atoms with E-state index in [0.29, 0.717) is 10.8 Å². The number of hydrogen-bond acceptors (Lipinski definition) is 2. The van der Waals surface area contributed by atoms with Crippen LogP contribution in [0.4, 0.5) is 18.9 Å². The van der Waals surface area contributed by atoms with Gasteiger partial charge in [0.05, 0.1) is 22.9 Å². The summed E-state index contributed by atoms with van der Waals surface area (Å²) in [4.78, 5) is 13.2. The second kappa shape index (κ2) is 9.07. The highest BCUT2D eigenvalue weighted by atomic mass is 32.1. The summed E-state index contributed by atoms with van der Waals surface area (Å²) in [5.74, 6) is -0.649. The predicted molar refractivity (Wildman–Crippen MR) is 126 cm³/mol. The first-order chi connectivity index (χ1) is 15.7. The van der Waals surface area contributed by atoms with Crippen LogP contribution >= 0.6 is 12.2 Å². The topological polar surface area (TPSA) is 53.2 Å². The number of anilines is 1. The molecule has 0 bridgehead atoms. The Kier molecular flexibility index (Phi) is 6.20. The van der Waals surface area contributed by atoms with Gasteiger partial charge < -0.3 is 16.0 Å². The van der Waals surface area contributed by atoms with Crippen LogP contribution in [-0.4, -0.2) is 11.0 Å². The SMILES string of the molecule is CC1=C(C(=O)Nc2ccccc2C(F)(F)F)C(c2ccc(-c3ccccc3)cc2)NC(=S)N1. The fraction of sp³-hybridized carbons (Fsp3) is 0.120. The zero-order valence-electron chi connectivity index (χ0n) is 17.5. The summed E-state index contributed by atoms with van der Waals surface area (Å²) in [7, 11) is 0. The van der Waals surface area contributed by atoms with Crippen molar-refractivity contribution in [2.24, 2.45) is 0 Å². The van der Waals surface area contributed by atoms with Crippen molar-refractivity contribution in [2.75, 3.05) is 5.32 Å². The number of alkyl halides is 3. The molecule has 1 atom stereocenters. The largest absolute Gasteiger partial charge is 0.418 e. The van der Waals surface area contributed by atoms with Crippen molar-refractivity contribution in [2.45, 2.75) is 19.1 Å². The fourth-order valence-electron chi connectivity index (χ4n) is 3.77. The number of para-hydroxylation sites is 1. The van der Waals surface area contributed by atoms with Crippen molar-refractivity contribution in [3.8, 4) is 11.1 Å². The molecule has 0 fully saturated rings. The molecule has 1 aliphatic rings. The third-order valence-electron chi connectivity index (χ3n) is 5.35. The van der Waals surface area contributed by atoms with E-state index >= 15 is 0 Å². The standard InChI is InChI=1S/C25H20F3N3OS/c1-15-21(23(32)30-20-10-6-5-9-19(20)25(26,27)28)22(31-24(33)29-15)18-13-11-17(12-14-18)16-7-3-2-4-8-16/h2-14,22H,1H3,(H,30,32)(H2,29,31,33). The average Bonchev–Trinajstić information content (AvgIpc) is 2.79. The molecule has 0 aromatic heterocycles. The van der Waals surface area contributed by atoms with E-state index in [2.05, 4.69) is 16.0 Å². The van der Waals surface area contributed by atoms with Crippen LogP contribution in [0, 0.1) is 0 Å². The average molecular weight is 468 g/mol. The molecular formula is C25H20F3N3OS. The Hall–Kier alpha value is -3.65. The summed E-state index contributed by atoms with van der Waals surface area (Å²) in [5, 5.41) is 8.72. The summed E-state index contributed by atoms with van der Waals surface area (Å²) in [6.07, 6.45) is -4.59. The summed E-state index contributed by atoms with van der Waals surface area (Å²) in [6, 6.07) is 21.7. The molecule has 33 heavy (non-hydrogen) atoms. The Morgan fingerprint density at radius 1 is 0.909 bits per heavy atom. The van der Waals surface area contributed by atoms with Crippen LogP contribution in [0.25, 0.3) is 11.1 Å². The van der Waals surface area contributed by atoms with Crippen LogP contribution in [-0.2, 0) is 11.0 Å². The monoisotopic (exact) mass is 467 g/mol. The van der Waals surface area contributed by atoms with Crippen LogP contribution < -0.4 is 16.0 Å². The minimum absolute atomic E-state index is 0.257. The van der Waals surface area contributed by atoms with Gasteiger partial charge in [0.15, 0.2) is 5.11 Å². The predicted octanol–water partition coefficient (Wildman–Crippen LogP) is 5.80. The van der Waals surface area contributed by atoms with Gasteiger partial charge in [-0.25, -0.2) is 0 Å². The number of rotatable bonds is 4. The zero-order valence-corrected chi connectivity index (χ0v) is 18.3. The minimum Gasteiger partial charge on any atom is -0.351 e. The maximum Gasteiger partial charge on any atom is 0.418 e. The Morgan fingerprint density at radius 2 is 1.52 bits per heavy atom. The molecule has 8 heteroatoms. The molecule has 0 saturated heterocycles. The third kappa shape index (κ3) is 4.90. The maximum absolute atomic E-state index is 13.4. The summed E-state index contributed by atoms with van der Waals surface area (Å²) < 4.78 is 40.1. The highest BCUT2D eigenvalue weighted by Gasteiger charge is 2.35. The van der Waals surface area contributed by atoms with Crippen LogP contribution in [0.5, 0.6) is 0 Å². The lowest BCUT2D eigenvalue weighted by Crippen LogP contribution is -2.45. The van der Waals surface area contributed by atoms with Gasteiger partial charge in [0.25, 0.3) is 5.91 Å². The molecule has 0 spiro atoms. The van der Waals surface area contributed by atoms with Crippen molar-refractivity contribution >= 4 is 28.9 Å². The number of nitrogens with one attached hydrogen (secondary N) is 3. The molecule has 1 aliphatic heterocycles. The van der Waals surface area contributed by atoms with Gasteiger partial charge in [-0.05, 0) is 48.0 Å². The number of halogens is 3. The first-order valence-electron chi connectivity index (χ1n) is 10.2. The van der Waals surface area contributed by atoms with Gasteiger partial charge in [0.1, 0.15) is 0 Å². The lowest BCUT2D eigenvalue weighted by Gasteiger charge is -2.30. The van der Waals surface area contributed by atoms with Gasteiger partial charge in [0.2, 0.25) is 0 Å². The van der Waals surface area contributed by atoms with E-state index in [-0.39, 0.29) is 11.3 Å². The number of carbonyl (C=O) groups is 1. The van der Waals surface area contributed by atoms with E-state index in [4.69, 9.17) is 12.2 Å². The fourth-order valence-corrected chi connectivity index (χ4v) is 4.04. The molecule has 3 aromatic rings. The van der Waals surface area contributed by atoms with E-state index in [1.54, 1.807) is 6.92 Å². The lowest BCUT2D eigenvalue weighted by molar-refractivity contribution is -0.137. The second-order valence-electron chi connectivity index (χ2n) is 7.56. The van der Waals surface area contributed by atoms with E-state index in [0.717, 1.165) is 22.8 Å². The Labute approximate surface area is 194 Å². The number of thiocarbonyl (C=S) groups is 1. The molecule has 0 radical (unpaired) electrons. The Bertz CT molecular complexity index is 1220. The molecular weight excluding hydrogens is 447 g/mol. The van der Waals surface area contributed by atoms with E-state index in [9.17, 15) is 18.0 Å². The molecule has 1 unspecified atom stereocenters. The molecule has 1 heterocycles. The third-order valence-corrected chi connectivity index (χ3v) is 5.57. The number of carbonyl (C=O) groups excluding carboxylic acids is 1. The van der Waals surface area contributed by atoms with Crippen LogP contribution in [0.1, 0.15) is 24.1 Å². The number of amides is 1. The van der Waals surface area contributed by atoms with Crippen molar-refractivity contribution in [3.05, 3.63) is 101 Å². The van der Waals surface area contributed by atoms with Gasteiger partial charge in [-0.2, -0.15) is 13.2 Å². The molecule has 4 rings (SSSR count). The van der Waals surface area contributed by atoms with Gasteiger partial charge >= 0.3 is 6.18 Å². The van der Waals surface area contributed by atoms with Crippen LogP contribution in [0.3, 0.4) is 0 Å². The van der Waals surface area contributed by atoms with E-state index in [1.807, 2.05) is 54.6 Å². The maximum atomic E-state index is 13.4. The van der Waals surface area contributed by atoms with E-state index < -0.39 is 23.7 Å². The van der Waals surface area contributed by atoms with Crippen LogP contribution in [0.2, 0.25) is 0 Å². The highest BCUT2D eigenvalue weighted by molar-refractivity contribution is 7.80. The smallest absolute Gasteiger partial charge is 0.351 e. The van der Waals surface area contributed by atoms with Crippen molar-refractivity contribution in [1.82, 2.24) is 10.6 Å². The van der Waals surface area contributed by atoms with E-state index in [1.165, 1.54) is 18.2 Å². The normalized spacial score (nSPS) is 16.1. The van der Waals surface area contributed by atoms with Gasteiger partial charge in [-0.3, -0.25) is 4.79 Å². The van der Waals surface area contributed by atoms with Gasteiger partial charge in [-0.1, -0.05) is 66.7 Å². The first kappa shape index (κ1) is 22.5. The van der Waals surface area contributed by atoms with Gasteiger partial charge in [-0.15, -0.1) is 0 Å². The minimum atomic E-state index is -4.59. The first-order valence-corrected chi connectivity index (χ1v) is 10.6. The van der Waals surface area contributed by atoms with Crippen molar-refractivity contribution in [1.29, 1.82) is 0 Å². The molecule has 3 aromatic carbocycles. The molecule has 1 amide bonds. The molecule has 0 saturated carbocycles. The van der Waals surface area contributed by atoms with Crippen molar-refractivity contribution in [3.63, 3.8) is 0 Å². The number of hydrogen-bond donors (Lipinski definition) is 3.